The minimum absolute atomic E-state index is 0.0503. The molecule has 2 heterocycles. The van der Waals surface area contributed by atoms with Crippen molar-refractivity contribution in [3.63, 3.8) is 0 Å². The molecular weight excluding hydrogens is 318 g/mol. The summed E-state index contributed by atoms with van der Waals surface area (Å²) in [5.41, 5.74) is 1.05. The van der Waals surface area contributed by atoms with Crippen molar-refractivity contribution in [3.8, 4) is 6.07 Å². The average Bonchev–Trinajstić information content (AvgIpc) is 2.66. The summed E-state index contributed by atoms with van der Waals surface area (Å²) in [5, 5.41) is 24.1. The maximum Gasteiger partial charge on any atom is 0.329 e. The van der Waals surface area contributed by atoms with Crippen molar-refractivity contribution in [1.82, 2.24) is 10.3 Å². The van der Waals surface area contributed by atoms with E-state index in [9.17, 15) is 10.1 Å². The largest absolute Gasteiger partial charge is 0.349 e. The van der Waals surface area contributed by atoms with Gasteiger partial charge in [-0.25, -0.2) is 4.98 Å². The normalized spacial score (nSPS) is 17.1. The van der Waals surface area contributed by atoms with E-state index in [0.29, 0.717) is 13.1 Å². The fourth-order valence-electron chi connectivity index (χ4n) is 3.14. The third-order valence-electron chi connectivity index (χ3n) is 4.37. The second-order valence-corrected chi connectivity index (χ2v) is 6.05. The smallest absolute Gasteiger partial charge is 0.329 e. The van der Waals surface area contributed by atoms with Gasteiger partial charge in [0.1, 0.15) is 11.6 Å². The molecule has 128 valence electrons. The number of piperidine rings is 1. The zero-order chi connectivity index (χ0) is 17.6. The van der Waals surface area contributed by atoms with E-state index >= 15 is 0 Å². The van der Waals surface area contributed by atoms with Gasteiger partial charge >= 0.3 is 5.69 Å². The molecule has 7 nitrogen and oxygen atoms in total. The van der Waals surface area contributed by atoms with Crippen LogP contribution in [0.25, 0.3) is 0 Å². The number of nitrogens with zero attached hydrogens (tertiary/aromatic N) is 4. The van der Waals surface area contributed by atoms with Gasteiger partial charge in [0.2, 0.25) is 5.82 Å². The van der Waals surface area contributed by atoms with E-state index in [2.05, 4.69) is 22.4 Å². The van der Waals surface area contributed by atoms with Crippen molar-refractivity contribution in [2.45, 2.75) is 25.4 Å². The maximum atomic E-state index is 11.4. The summed E-state index contributed by atoms with van der Waals surface area (Å²) in [6.45, 7) is 2.09. The van der Waals surface area contributed by atoms with Crippen LogP contribution in [0, 0.1) is 21.4 Å². The summed E-state index contributed by atoms with van der Waals surface area (Å²) >= 11 is 0. The average molecular weight is 337 g/mol. The van der Waals surface area contributed by atoms with Gasteiger partial charge in [-0.1, -0.05) is 30.3 Å². The van der Waals surface area contributed by atoms with Gasteiger partial charge in [0.05, 0.1) is 4.92 Å². The predicted molar refractivity (Wildman–Crippen MR) is 94.1 cm³/mol. The second-order valence-electron chi connectivity index (χ2n) is 6.05. The molecule has 1 fully saturated rings. The van der Waals surface area contributed by atoms with Gasteiger partial charge in [-0.15, -0.1) is 0 Å². The molecule has 7 heteroatoms. The van der Waals surface area contributed by atoms with Crippen LogP contribution in [-0.2, 0) is 6.54 Å². The van der Waals surface area contributed by atoms with Crippen LogP contribution in [0.4, 0.5) is 11.5 Å². The Hall–Kier alpha value is -2.98. The molecule has 0 unspecified atom stereocenters. The van der Waals surface area contributed by atoms with Crippen LogP contribution >= 0.6 is 0 Å². The number of rotatable bonds is 5. The van der Waals surface area contributed by atoms with Gasteiger partial charge in [0.25, 0.3) is 0 Å². The maximum absolute atomic E-state index is 11.4. The molecule has 1 aliphatic heterocycles. The monoisotopic (exact) mass is 337 g/mol. The van der Waals surface area contributed by atoms with Crippen molar-refractivity contribution in [2.75, 3.05) is 18.0 Å². The van der Waals surface area contributed by atoms with Crippen LogP contribution in [0.15, 0.2) is 42.6 Å². The Labute approximate surface area is 146 Å². The minimum atomic E-state index is -0.512. The molecule has 3 rings (SSSR count). The lowest BCUT2D eigenvalue weighted by Crippen LogP contribution is -2.46. The van der Waals surface area contributed by atoms with E-state index in [4.69, 9.17) is 5.26 Å². The second kappa shape index (κ2) is 7.73. The van der Waals surface area contributed by atoms with Crippen molar-refractivity contribution >= 4 is 11.5 Å². The highest BCUT2D eigenvalue weighted by Gasteiger charge is 2.29. The number of aromatic nitrogens is 1. The number of benzene rings is 1. The number of anilines is 1. The molecular formula is C18H19N5O2. The summed E-state index contributed by atoms with van der Waals surface area (Å²) in [6.07, 6.45) is 3.39. The van der Waals surface area contributed by atoms with Gasteiger partial charge in [-0.05, 0) is 24.5 Å². The Morgan fingerprint density at radius 3 is 2.88 bits per heavy atom. The molecule has 1 N–H and O–H groups in total. The molecule has 0 spiro atoms. The van der Waals surface area contributed by atoms with Crippen LogP contribution in [0.2, 0.25) is 0 Å². The minimum Gasteiger partial charge on any atom is -0.349 e. The molecule has 0 radical (unpaired) electrons. The van der Waals surface area contributed by atoms with Gasteiger partial charge in [0, 0.05) is 31.9 Å². The highest BCUT2D eigenvalue weighted by Crippen LogP contribution is 2.30. The zero-order valence-electron chi connectivity index (χ0n) is 13.8. The van der Waals surface area contributed by atoms with Crippen LogP contribution < -0.4 is 10.2 Å². The Morgan fingerprint density at radius 2 is 2.16 bits per heavy atom. The van der Waals surface area contributed by atoms with E-state index in [-0.39, 0.29) is 23.1 Å². The number of hydrogen-bond donors (Lipinski definition) is 1. The number of pyridine rings is 1. The molecule has 0 bridgehead atoms. The first kappa shape index (κ1) is 16.9. The number of nitrogens with one attached hydrogen (secondary N) is 1. The molecule has 1 aromatic heterocycles. The highest BCUT2D eigenvalue weighted by atomic mass is 16.6. The summed E-state index contributed by atoms with van der Waals surface area (Å²) in [5.74, 6) is 0.287. The Bertz CT molecular complexity index is 788. The summed E-state index contributed by atoms with van der Waals surface area (Å²) in [6, 6.07) is 13.6. The van der Waals surface area contributed by atoms with Crippen LogP contribution in [0.5, 0.6) is 0 Å². The lowest BCUT2D eigenvalue weighted by molar-refractivity contribution is -0.384. The predicted octanol–water partition coefficient (Wildman–Crippen LogP) is 2.62. The molecule has 1 aliphatic rings. The lowest BCUT2D eigenvalue weighted by atomic mass is 10.0. The van der Waals surface area contributed by atoms with Crippen molar-refractivity contribution in [2.24, 2.45) is 0 Å². The number of nitriles is 1. The lowest BCUT2D eigenvalue weighted by Gasteiger charge is -2.33. The van der Waals surface area contributed by atoms with Gasteiger partial charge in [-0.3, -0.25) is 10.1 Å². The SMILES string of the molecule is N#Cc1ccnc(N2CCC[C@@H](NCc3ccccc3)C2)c1[N+](=O)[O-]. The molecule has 1 aromatic carbocycles. The fraction of sp³-hybridized carbons (Fsp3) is 0.333. The highest BCUT2D eigenvalue weighted by molar-refractivity contribution is 5.65. The van der Waals surface area contributed by atoms with E-state index in [0.717, 1.165) is 19.4 Å². The first-order valence-corrected chi connectivity index (χ1v) is 8.25. The van der Waals surface area contributed by atoms with Crippen molar-refractivity contribution in [1.29, 1.82) is 5.26 Å². The number of nitro groups is 1. The molecule has 0 saturated carbocycles. The molecule has 2 aromatic rings. The van der Waals surface area contributed by atoms with Gasteiger partial charge in [0.15, 0.2) is 0 Å². The van der Waals surface area contributed by atoms with Crippen LogP contribution in [0.1, 0.15) is 24.0 Å². The molecule has 0 aliphatic carbocycles. The summed E-state index contributed by atoms with van der Waals surface area (Å²) in [7, 11) is 0. The van der Waals surface area contributed by atoms with E-state index in [1.54, 1.807) is 0 Å². The fourth-order valence-corrected chi connectivity index (χ4v) is 3.14. The molecule has 1 saturated heterocycles. The van der Waals surface area contributed by atoms with Crippen LogP contribution in [-0.4, -0.2) is 29.0 Å². The van der Waals surface area contributed by atoms with E-state index < -0.39 is 4.92 Å². The third-order valence-corrected chi connectivity index (χ3v) is 4.37. The standard InChI is InChI=1S/C18H19N5O2/c19-11-15-8-9-20-18(17(15)23(24)25)22-10-4-7-16(13-22)21-12-14-5-2-1-3-6-14/h1-3,5-6,8-9,16,21H,4,7,10,12-13H2/t16-/m1/s1. The first-order valence-electron chi connectivity index (χ1n) is 8.25. The first-order chi connectivity index (χ1) is 12.2. The molecule has 25 heavy (non-hydrogen) atoms. The van der Waals surface area contributed by atoms with Crippen molar-refractivity contribution in [3.05, 3.63) is 63.8 Å². The molecule has 1 atom stereocenters. The summed E-state index contributed by atoms with van der Waals surface area (Å²) in [4.78, 5) is 17.0. The quantitative estimate of drug-likeness (QED) is 0.665. The van der Waals surface area contributed by atoms with Crippen molar-refractivity contribution < 1.29 is 4.92 Å². The third kappa shape index (κ3) is 3.92. The number of hydrogen-bond acceptors (Lipinski definition) is 6. The Kier molecular flexibility index (Phi) is 5.21. The van der Waals surface area contributed by atoms with E-state index in [1.165, 1.54) is 17.8 Å². The van der Waals surface area contributed by atoms with E-state index in [1.807, 2.05) is 29.2 Å². The van der Waals surface area contributed by atoms with Gasteiger partial charge < -0.3 is 10.2 Å². The summed E-state index contributed by atoms with van der Waals surface area (Å²) < 4.78 is 0. The molecule has 0 amide bonds. The Morgan fingerprint density at radius 1 is 1.36 bits per heavy atom. The Balaban J connectivity index is 1.73. The van der Waals surface area contributed by atoms with Gasteiger partial charge in [-0.2, -0.15) is 5.26 Å². The zero-order valence-corrected chi connectivity index (χ0v) is 13.8. The van der Waals surface area contributed by atoms with Crippen LogP contribution in [0.3, 0.4) is 0 Å². The topological polar surface area (TPSA) is 95.1 Å².